The van der Waals surface area contributed by atoms with Crippen LogP contribution in [0.4, 0.5) is 0 Å². The van der Waals surface area contributed by atoms with E-state index in [-0.39, 0.29) is 127 Å². The summed E-state index contributed by atoms with van der Waals surface area (Å²) in [7, 11) is 1.68. The van der Waals surface area contributed by atoms with E-state index < -0.39 is 5.54 Å². The number of ketones is 3. The van der Waals surface area contributed by atoms with E-state index in [1.165, 1.54) is 6.92 Å². The molecule has 0 aliphatic carbocycles. The molecule has 229 valence electrons. The monoisotopic (exact) mass is 651 g/mol. The molecule has 1 amide bonds. The van der Waals surface area contributed by atoms with Crippen LogP contribution in [0.2, 0.25) is 0 Å². The largest absolute Gasteiger partial charge is 0.793 e. The van der Waals surface area contributed by atoms with Crippen molar-refractivity contribution < 1.29 is 66.1 Å². The quantitative estimate of drug-likeness (QED) is 0.129. The Morgan fingerprint density at radius 1 is 0.821 bits per heavy atom. The Balaban J connectivity index is -0.00000116. The summed E-state index contributed by atoms with van der Waals surface area (Å²) in [4.78, 5) is 49.8. The molecule has 0 heterocycles. The molecule has 0 aliphatic rings. The van der Waals surface area contributed by atoms with Crippen molar-refractivity contribution in [3.63, 3.8) is 0 Å². The second-order valence-corrected chi connectivity index (χ2v) is 9.55. The summed E-state index contributed by atoms with van der Waals surface area (Å²) in [5.74, 6) is 0.180. The zero-order valence-electron chi connectivity index (χ0n) is 26.4. The van der Waals surface area contributed by atoms with Gasteiger partial charge in [0.15, 0.2) is 0 Å². The van der Waals surface area contributed by atoms with Gasteiger partial charge < -0.3 is 31.7 Å². The van der Waals surface area contributed by atoms with Gasteiger partial charge in [0.05, 0.1) is 39.6 Å². The zero-order valence-corrected chi connectivity index (χ0v) is 30.1. The van der Waals surface area contributed by atoms with Gasteiger partial charge in [-0.3, -0.25) is 19.2 Å². The standard InChI is InChI=1S/C25H45NO7S.2C2H6.Y/c1-7-22(28)9-13-32-17-25(16-31-12-8-21(5)27,18-33-14-10-23(29)19(2)3)26(6)24(30)20(4)11-15-34;2*1-2;/h19-20,34H,7-18H2,1-6H3;2*1-2H3;/p-1. The van der Waals surface area contributed by atoms with E-state index in [2.05, 4.69) is 0 Å². The third-order valence-corrected chi connectivity index (χ3v) is 6.02. The van der Waals surface area contributed by atoms with Crippen molar-refractivity contribution in [2.24, 2.45) is 11.8 Å². The molecule has 0 saturated heterocycles. The second-order valence-electron chi connectivity index (χ2n) is 9.14. The van der Waals surface area contributed by atoms with Crippen LogP contribution in [0.1, 0.15) is 94.4 Å². The van der Waals surface area contributed by atoms with Gasteiger partial charge >= 0.3 is 0 Å². The Morgan fingerprint density at radius 2 is 1.26 bits per heavy atom. The van der Waals surface area contributed by atoms with Crippen molar-refractivity contribution in [3.05, 3.63) is 0 Å². The van der Waals surface area contributed by atoms with Gasteiger partial charge in [-0.15, -0.1) is 0 Å². The Bertz CT molecular complexity index is 649. The van der Waals surface area contributed by atoms with Crippen LogP contribution in [0.15, 0.2) is 0 Å². The Hall–Kier alpha value is -0.186. The number of rotatable bonds is 21. The van der Waals surface area contributed by atoms with E-state index in [9.17, 15) is 19.2 Å². The number of ether oxygens (including phenoxy) is 3. The predicted octanol–water partition coefficient (Wildman–Crippen LogP) is 4.82. The fourth-order valence-electron chi connectivity index (χ4n) is 3.11. The predicted molar refractivity (Wildman–Crippen MR) is 156 cm³/mol. The summed E-state index contributed by atoms with van der Waals surface area (Å²) in [5, 5.41) is 0. The minimum atomic E-state index is -0.986. The number of carbonyl (C=O) groups excluding carboxylic acids is 4. The molecule has 0 spiro atoms. The van der Waals surface area contributed by atoms with Crippen LogP contribution in [0, 0.1) is 11.8 Å². The summed E-state index contributed by atoms with van der Waals surface area (Å²) >= 11 is 5.05. The van der Waals surface area contributed by atoms with Gasteiger partial charge in [-0.25, -0.2) is 0 Å². The van der Waals surface area contributed by atoms with Crippen LogP contribution < -0.4 is 0 Å². The van der Waals surface area contributed by atoms with Crippen LogP contribution in [-0.2, 0) is 78.7 Å². The molecule has 0 rings (SSSR count). The van der Waals surface area contributed by atoms with Gasteiger partial charge in [-0.1, -0.05) is 61.8 Å². The molecule has 10 heteroatoms. The number of nitrogens with zero attached hydrogens (tertiary/aromatic N) is 1. The van der Waals surface area contributed by atoms with Crippen LogP contribution >= 0.6 is 0 Å². The van der Waals surface area contributed by atoms with Crippen molar-refractivity contribution in [2.45, 2.75) is 100.0 Å². The SMILES string of the molecule is CC.CC.CCC(=O)CCOCC(COCCC(C)=O)(COCCC(=O)C(C)C)N(C)C(=O)C(C)CC[S-].[Y]. The van der Waals surface area contributed by atoms with Crippen LogP contribution in [0.5, 0.6) is 0 Å². The number of likely N-dealkylation sites (N-methyl/N-ethyl adjacent to an activating group) is 1. The second kappa shape index (κ2) is 29.3. The molecule has 0 aromatic rings. The molecule has 2 unspecified atom stereocenters. The molecule has 39 heavy (non-hydrogen) atoms. The first-order valence-electron chi connectivity index (χ1n) is 14.1. The molecule has 0 aromatic carbocycles. The summed E-state index contributed by atoms with van der Waals surface area (Å²) < 4.78 is 17.5. The summed E-state index contributed by atoms with van der Waals surface area (Å²) in [6.07, 6.45) is 1.82. The fourth-order valence-corrected chi connectivity index (χ4v) is 3.46. The van der Waals surface area contributed by atoms with Gasteiger partial charge in [0, 0.05) is 77.3 Å². The molecular weight excluding hydrogens is 595 g/mol. The van der Waals surface area contributed by atoms with E-state index in [1.807, 2.05) is 48.5 Å². The Kier molecular flexibility index (Phi) is 34.4. The van der Waals surface area contributed by atoms with Crippen LogP contribution in [0.3, 0.4) is 0 Å². The molecule has 0 bridgehead atoms. The van der Waals surface area contributed by atoms with Crippen molar-refractivity contribution in [3.8, 4) is 0 Å². The Labute approximate surface area is 269 Å². The van der Waals surface area contributed by atoms with Gasteiger partial charge in [0.2, 0.25) is 5.91 Å². The average molecular weight is 652 g/mol. The van der Waals surface area contributed by atoms with Gasteiger partial charge in [-0.2, -0.15) is 5.75 Å². The van der Waals surface area contributed by atoms with Gasteiger partial charge in [-0.05, 0) is 6.92 Å². The maximum Gasteiger partial charge on any atom is 0.225 e. The maximum atomic E-state index is 13.2. The third-order valence-electron chi connectivity index (χ3n) is 5.78. The average Bonchev–Trinajstić information content (AvgIpc) is 2.91. The van der Waals surface area contributed by atoms with Crippen LogP contribution in [-0.4, -0.2) is 86.1 Å². The first-order chi connectivity index (χ1) is 18.0. The fraction of sp³-hybridized carbons (Fsp3) is 0.862. The van der Waals surface area contributed by atoms with Crippen molar-refractivity contribution >= 4 is 35.9 Å². The molecule has 0 aliphatic heterocycles. The summed E-state index contributed by atoms with van der Waals surface area (Å²) in [5.41, 5.74) is -0.986. The van der Waals surface area contributed by atoms with E-state index >= 15 is 0 Å². The third kappa shape index (κ3) is 22.1. The zero-order chi connectivity index (χ0) is 30.1. The first kappa shape index (κ1) is 45.8. The molecule has 0 fully saturated rings. The van der Waals surface area contributed by atoms with E-state index in [4.69, 9.17) is 26.8 Å². The van der Waals surface area contributed by atoms with Crippen molar-refractivity contribution in [1.29, 1.82) is 0 Å². The Morgan fingerprint density at radius 3 is 1.64 bits per heavy atom. The molecule has 0 aromatic heterocycles. The van der Waals surface area contributed by atoms with Gasteiger partial charge in [0.1, 0.15) is 22.9 Å². The number of hydrogen-bond acceptors (Lipinski definition) is 8. The molecule has 2 atom stereocenters. The molecule has 1 radical (unpaired) electrons. The minimum absolute atomic E-state index is 0. The topological polar surface area (TPSA) is 99.2 Å². The van der Waals surface area contributed by atoms with Crippen molar-refractivity contribution in [1.82, 2.24) is 4.90 Å². The van der Waals surface area contributed by atoms with E-state index in [0.29, 0.717) is 18.6 Å². The first-order valence-corrected chi connectivity index (χ1v) is 14.7. The molecule has 0 saturated carbocycles. The number of carbonyl (C=O) groups is 4. The normalized spacial score (nSPS) is 12.5. The van der Waals surface area contributed by atoms with E-state index in [1.54, 1.807) is 18.9 Å². The summed E-state index contributed by atoms with van der Waals surface area (Å²) in [6.45, 7) is 17.7. The smallest absolute Gasteiger partial charge is 0.225 e. The summed E-state index contributed by atoms with van der Waals surface area (Å²) in [6, 6.07) is 0. The minimum Gasteiger partial charge on any atom is -0.793 e. The van der Waals surface area contributed by atoms with E-state index in [0.717, 1.165) is 0 Å². The maximum absolute atomic E-state index is 13.2. The van der Waals surface area contributed by atoms with Crippen molar-refractivity contribution in [2.75, 3.05) is 52.4 Å². The number of Topliss-reactive ketones (excluding diaryl/α,β-unsaturated/α-hetero) is 3. The molecular formula is C29H56NO7SY-. The van der Waals surface area contributed by atoms with Crippen LogP contribution in [0.25, 0.3) is 0 Å². The van der Waals surface area contributed by atoms with Gasteiger partial charge in [0.25, 0.3) is 0 Å². The molecule has 8 nitrogen and oxygen atoms in total. The number of amides is 1. The number of hydrogen-bond donors (Lipinski definition) is 0. The molecule has 0 N–H and O–H groups in total.